The van der Waals surface area contributed by atoms with Crippen molar-refractivity contribution < 1.29 is 14.3 Å². The Morgan fingerprint density at radius 3 is 2.92 bits per heavy atom. The van der Waals surface area contributed by atoms with E-state index in [1.54, 1.807) is 12.0 Å². The van der Waals surface area contributed by atoms with Crippen molar-refractivity contribution in [1.29, 1.82) is 0 Å². The highest BCUT2D eigenvalue weighted by molar-refractivity contribution is 6.01. The Bertz CT molecular complexity index is 676. The van der Waals surface area contributed by atoms with Crippen molar-refractivity contribution in [2.75, 3.05) is 38.2 Å². The first kappa shape index (κ1) is 18.7. The SMILES string of the molecule is CCN1CCCC1CNC(=O)C1CC(=O)N(c2cc(C)ccc2OC)C1. The third-order valence-corrected chi connectivity index (χ3v) is 5.54. The maximum absolute atomic E-state index is 12.6. The van der Waals surface area contributed by atoms with E-state index in [1.165, 1.54) is 6.42 Å². The van der Waals surface area contributed by atoms with Crippen molar-refractivity contribution in [3.05, 3.63) is 23.8 Å². The Balaban J connectivity index is 1.62. The van der Waals surface area contributed by atoms with Gasteiger partial charge in [-0.2, -0.15) is 0 Å². The summed E-state index contributed by atoms with van der Waals surface area (Å²) in [6, 6.07) is 6.18. The molecule has 1 N–H and O–H groups in total. The van der Waals surface area contributed by atoms with Crippen LogP contribution in [-0.2, 0) is 9.59 Å². The van der Waals surface area contributed by atoms with E-state index in [2.05, 4.69) is 17.1 Å². The molecule has 26 heavy (non-hydrogen) atoms. The van der Waals surface area contributed by atoms with Gasteiger partial charge in [-0.05, 0) is 50.6 Å². The molecule has 2 aliphatic rings. The van der Waals surface area contributed by atoms with Crippen LogP contribution in [0.4, 0.5) is 5.69 Å². The van der Waals surface area contributed by atoms with E-state index < -0.39 is 0 Å². The topological polar surface area (TPSA) is 61.9 Å². The molecule has 0 radical (unpaired) electrons. The standard InChI is InChI=1S/C20H29N3O3/c1-4-22-9-5-6-16(22)12-21-20(25)15-11-19(24)23(13-15)17-10-14(2)7-8-18(17)26-3/h7-8,10,15-16H,4-6,9,11-13H2,1-3H3,(H,21,25). The molecule has 0 aliphatic carbocycles. The van der Waals surface area contributed by atoms with E-state index in [0.29, 0.717) is 24.9 Å². The van der Waals surface area contributed by atoms with Crippen molar-refractivity contribution in [2.45, 2.75) is 39.2 Å². The molecule has 1 aromatic carbocycles. The lowest BCUT2D eigenvalue weighted by molar-refractivity contribution is -0.126. The van der Waals surface area contributed by atoms with Crippen LogP contribution in [0.3, 0.4) is 0 Å². The molecule has 6 nitrogen and oxygen atoms in total. The van der Waals surface area contributed by atoms with E-state index in [-0.39, 0.29) is 24.2 Å². The largest absolute Gasteiger partial charge is 0.495 e. The summed E-state index contributed by atoms with van der Waals surface area (Å²) < 4.78 is 5.40. The van der Waals surface area contributed by atoms with Crippen LogP contribution in [0.25, 0.3) is 0 Å². The molecule has 2 fully saturated rings. The number of nitrogens with zero attached hydrogens (tertiary/aromatic N) is 2. The summed E-state index contributed by atoms with van der Waals surface area (Å²) in [5.74, 6) is 0.319. The fourth-order valence-corrected chi connectivity index (χ4v) is 4.03. The van der Waals surface area contributed by atoms with Gasteiger partial charge in [-0.1, -0.05) is 13.0 Å². The van der Waals surface area contributed by atoms with E-state index in [9.17, 15) is 9.59 Å². The molecular formula is C20H29N3O3. The average molecular weight is 359 g/mol. The zero-order chi connectivity index (χ0) is 18.7. The third kappa shape index (κ3) is 3.85. The summed E-state index contributed by atoms with van der Waals surface area (Å²) >= 11 is 0. The number of aryl methyl sites for hydroxylation is 1. The first-order chi connectivity index (χ1) is 12.5. The number of hydrogen-bond donors (Lipinski definition) is 1. The van der Waals surface area contributed by atoms with Gasteiger partial charge in [0.2, 0.25) is 11.8 Å². The summed E-state index contributed by atoms with van der Waals surface area (Å²) in [5.41, 5.74) is 1.81. The molecule has 0 saturated carbocycles. The van der Waals surface area contributed by atoms with Gasteiger partial charge < -0.3 is 15.0 Å². The molecule has 2 saturated heterocycles. The van der Waals surface area contributed by atoms with Crippen molar-refractivity contribution in [1.82, 2.24) is 10.2 Å². The highest BCUT2D eigenvalue weighted by atomic mass is 16.5. The summed E-state index contributed by atoms with van der Waals surface area (Å²) in [6.07, 6.45) is 2.58. The smallest absolute Gasteiger partial charge is 0.227 e. The van der Waals surface area contributed by atoms with E-state index in [1.807, 2.05) is 25.1 Å². The first-order valence-electron chi connectivity index (χ1n) is 9.50. The predicted octanol–water partition coefficient (Wildman–Crippen LogP) is 1.96. The lowest BCUT2D eigenvalue weighted by Crippen LogP contribution is -2.42. The molecule has 2 aliphatic heterocycles. The highest BCUT2D eigenvalue weighted by Gasteiger charge is 2.36. The number of amides is 2. The van der Waals surface area contributed by atoms with Crippen LogP contribution in [0, 0.1) is 12.8 Å². The number of carbonyl (C=O) groups excluding carboxylic acids is 2. The van der Waals surface area contributed by atoms with Crippen molar-refractivity contribution >= 4 is 17.5 Å². The number of anilines is 1. The maximum atomic E-state index is 12.6. The molecule has 1 aromatic rings. The van der Waals surface area contributed by atoms with Gasteiger partial charge in [-0.25, -0.2) is 0 Å². The Morgan fingerprint density at radius 2 is 2.19 bits per heavy atom. The van der Waals surface area contributed by atoms with Gasteiger partial charge in [-0.3, -0.25) is 14.5 Å². The van der Waals surface area contributed by atoms with Gasteiger partial charge in [0.05, 0.1) is 18.7 Å². The normalized spacial score (nSPS) is 23.5. The number of likely N-dealkylation sites (N-methyl/N-ethyl adjacent to an activating group) is 1. The minimum atomic E-state index is -0.302. The number of benzene rings is 1. The molecule has 3 rings (SSSR count). The Kier molecular flexibility index (Phi) is 5.81. The molecule has 0 aromatic heterocycles. The lowest BCUT2D eigenvalue weighted by atomic mass is 10.1. The van der Waals surface area contributed by atoms with Gasteiger partial charge in [0.25, 0.3) is 0 Å². The fourth-order valence-electron chi connectivity index (χ4n) is 4.03. The summed E-state index contributed by atoms with van der Waals surface area (Å²) in [4.78, 5) is 29.2. The second-order valence-corrected chi connectivity index (χ2v) is 7.25. The maximum Gasteiger partial charge on any atom is 0.227 e. The van der Waals surface area contributed by atoms with Crippen LogP contribution in [0.1, 0.15) is 31.7 Å². The second kappa shape index (κ2) is 8.08. The number of methoxy groups -OCH3 is 1. The van der Waals surface area contributed by atoms with Gasteiger partial charge in [0, 0.05) is 25.6 Å². The molecule has 2 atom stereocenters. The molecule has 2 unspecified atom stereocenters. The van der Waals surface area contributed by atoms with Crippen LogP contribution in [0.5, 0.6) is 5.75 Å². The number of ether oxygens (including phenoxy) is 1. The monoisotopic (exact) mass is 359 g/mol. The van der Waals surface area contributed by atoms with Crippen LogP contribution in [0.15, 0.2) is 18.2 Å². The van der Waals surface area contributed by atoms with Crippen molar-refractivity contribution in [3.63, 3.8) is 0 Å². The van der Waals surface area contributed by atoms with Gasteiger partial charge >= 0.3 is 0 Å². The summed E-state index contributed by atoms with van der Waals surface area (Å²) in [6.45, 7) is 7.35. The van der Waals surface area contributed by atoms with Crippen LogP contribution >= 0.6 is 0 Å². The summed E-state index contributed by atoms with van der Waals surface area (Å²) in [7, 11) is 1.60. The van der Waals surface area contributed by atoms with Crippen LogP contribution in [-0.4, -0.2) is 56.0 Å². The zero-order valence-electron chi connectivity index (χ0n) is 16.0. The van der Waals surface area contributed by atoms with Gasteiger partial charge in [0.15, 0.2) is 0 Å². The van der Waals surface area contributed by atoms with Crippen molar-refractivity contribution in [3.8, 4) is 5.75 Å². The van der Waals surface area contributed by atoms with Crippen molar-refractivity contribution in [2.24, 2.45) is 5.92 Å². The van der Waals surface area contributed by atoms with Crippen LogP contribution in [0.2, 0.25) is 0 Å². The molecule has 6 heteroatoms. The minimum Gasteiger partial charge on any atom is -0.495 e. The number of likely N-dealkylation sites (tertiary alicyclic amines) is 1. The Morgan fingerprint density at radius 1 is 1.38 bits per heavy atom. The number of nitrogens with one attached hydrogen (secondary N) is 1. The first-order valence-corrected chi connectivity index (χ1v) is 9.50. The third-order valence-electron chi connectivity index (χ3n) is 5.54. The van der Waals surface area contributed by atoms with Gasteiger partial charge in [-0.15, -0.1) is 0 Å². The van der Waals surface area contributed by atoms with Gasteiger partial charge in [0.1, 0.15) is 5.75 Å². The molecular weight excluding hydrogens is 330 g/mol. The van der Waals surface area contributed by atoms with Crippen LogP contribution < -0.4 is 15.0 Å². The Hall–Kier alpha value is -2.08. The number of hydrogen-bond acceptors (Lipinski definition) is 4. The second-order valence-electron chi connectivity index (χ2n) is 7.25. The lowest BCUT2D eigenvalue weighted by Gasteiger charge is -2.23. The average Bonchev–Trinajstić information content (AvgIpc) is 3.25. The Labute approximate surface area is 155 Å². The number of carbonyl (C=O) groups is 2. The minimum absolute atomic E-state index is 0.0181. The predicted molar refractivity (Wildman–Crippen MR) is 101 cm³/mol. The molecule has 0 spiro atoms. The van der Waals surface area contributed by atoms with E-state index >= 15 is 0 Å². The quantitative estimate of drug-likeness (QED) is 0.843. The van der Waals surface area contributed by atoms with E-state index in [0.717, 1.165) is 30.8 Å². The molecule has 0 bridgehead atoms. The molecule has 142 valence electrons. The van der Waals surface area contributed by atoms with E-state index in [4.69, 9.17) is 4.74 Å². The molecule has 2 amide bonds. The molecule has 2 heterocycles. The summed E-state index contributed by atoms with van der Waals surface area (Å²) in [5, 5.41) is 3.07. The zero-order valence-corrected chi connectivity index (χ0v) is 16.0. The highest BCUT2D eigenvalue weighted by Crippen LogP contribution is 2.34. The number of rotatable bonds is 6. The fraction of sp³-hybridized carbons (Fsp3) is 0.600.